The van der Waals surface area contributed by atoms with Crippen LogP contribution in [0.15, 0.2) is 18.2 Å². The van der Waals surface area contributed by atoms with Gasteiger partial charge in [0.15, 0.2) is 17.4 Å². The first-order valence-electron chi connectivity index (χ1n) is 15.4. The third-order valence-corrected chi connectivity index (χ3v) is 19.7. The summed E-state index contributed by atoms with van der Waals surface area (Å²) in [6.07, 6.45) is 0.578. The molecule has 0 aliphatic heterocycles. The second-order valence-electron chi connectivity index (χ2n) is 13.7. The largest absolute Gasteiger partial charge is 0.541 e. The molecule has 42 heavy (non-hydrogen) atoms. The van der Waals surface area contributed by atoms with E-state index in [1.54, 1.807) is 32.0 Å². The Balaban J connectivity index is 2.35. The van der Waals surface area contributed by atoms with Gasteiger partial charge in [0.25, 0.3) is 8.32 Å². The van der Waals surface area contributed by atoms with Crippen molar-refractivity contribution < 1.29 is 23.1 Å². The number of amides is 2. The van der Waals surface area contributed by atoms with Crippen LogP contribution in [-0.2, 0) is 6.42 Å². The molecule has 3 N–H and O–H groups in total. The van der Waals surface area contributed by atoms with Crippen molar-refractivity contribution >= 4 is 34.5 Å². The number of hydrogen-bond donors (Lipinski definition) is 3. The number of urea groups is 1. The van der Waals surface area contributed by atoms with E-state index in [2.05, 4.69) is 86.8 Å². The molecular weight excluding hydrogens is 567 g/mol. The van der Waals surface area contributed by atoms with Gasteiger partial charge in [-0.05, 0) is 65.2 Å². The maximum Gasteiger partial charge on any atom is 0.323 e. The molecule has 0 spiro atoms. The highest BCUT2D eigenvalue weighted by Crippen LogP contribution is 2.44. The Labute approximate surface area is 255 Å². The summed E-state index contributed by atoms with van der Waals surface area (Å²) in [5, 5.41) is 15.9. The molecule has 2 rings (SSSR count). The number of phenolic OH excluding ortho intramolecular Hbond substituents is 1. The Morgan fingerprint density at radius 3 is 1.76 bits per heavy atom. The highest BCUT2D eigenvalue weighted by Gasteiger charge is 2.47. The fourth-order valence-corrected chi connectivity index (χ4v) is 17.3. The van der Waals surface area contributed by atoms with E-state index in [0.29, 0.717) is 39.7 Å². The lowest BCUT2D eigenvalue weighted by Crippen LogP contribution is -2.50. The van der Waals surface area contributed by atoms with Crippen LogP contribution in [0, 0.1) is 25.5 Å². The zero-order valence-electron chi connectivity index (χ0n) is 28.0. The van der Waals surface area contributed by atoms with Crippen LogP contribution >= 0.6 is 0 Å². The summed E-state index contributed by atoms with van der Waals surface area (Å²) in [5.41, 5.74) is 3.67. The topological polar surface area (TPSA) is 70.6 Å². The third kappa shape index (κ3) is 7.57. The lowest BCUT2D eigenvalue weighted by atomic mass is 10.0. The van der Waals surface area contributed by atoms with Crippen LogP contribution < -0.4 is 15.1 Å². The molecule has 2 aromatic rings. The Bertz CT molecular complexity index is 1220. The molecule has 0 aliphatic rings. The van der Waals surface area contributed by atoms with Crippen molar-refractivity contribution in [3.63, 3.8) is 0 Å². The van der Waals surface area contributed by atoms with E-state index in [1.807, 2.05) is 0 Å². The van der Waals surface area contributed by atoms with Gasteiger partial charge in [-0.1, -0.05) is 99.4 Å². The van der Waals surface area contributed by atoms with Gasteiger partial charge in [-0.2, -0.15) is 0 Å². The zero-order chi connectivity index (χ0) is 32.3. The molecule has 0 aliphatic carbocycles. The smallest absolute Gasteiger partial charge is 0.323 e. The molecule has 236 valence electrons. The normalized spacial score (nSPS) is 13.2. The van der Waals surface area contributed by atoms with E-state index < -0.39 is 40.5 Å². The van der Waals surface area contributed by atoms with Crippen LogP contribution in [0.5, 0.6) is 11.5 Å². The van der Waals surface area contributed by atoms with Crippen LogP contribution in [0.4, 0.5) is 25.0 Å². The van der Waals surface area contributed by atoms with Crippen molar-refractivity contribution in [1.29, 1.82) is 0 Å². The molecule has 0 bridgehead atoms. The number of carbonyl (C=O) groups is 1. The first-order chi connectivity index (χ1) is 19.4. The number of aryl methyl sites for hydroxylation is 2. The fraction of sp³-hybridized carbons (Fsp3) is 0.606. The molecule has 2 amide bonds. The SMILES string of the molecule is Cc1ccc(O[Si](C(C)C)(C(C)C)C(C)C)c(F)c1NC(=O)Nc1c(C)cc(CC(C)[SiH](C(C)C)C(C)C)c(O)c1F. The molecule has 1 atom stereocenters. The maximum atomic E-state index is 15.9. The maximum absolute atomic E-state index is 15.9. The van der Waals surface area contributed by atoms with Crippen molar-refractivity contribution in [3.8, 4) is 11.5 Å². The van der Waals surface area contributed by atoms with E-state index in [0.717, 1.165) is 0 Å². The molecule has 1 unspecified atom stereocenters. The van der Waals surface area contributed by atoms with Crippen LogP contribution in [0.3, 0.4) is 0 Å². The summed E-state index contributed by atoms with van der Waals surface area (Å²) in [5.74, 6) is -1.86. The van der Waals surface area contributed by atoms with Gasteiger partial charge < -0.3 is 20.2 Å². The number of benzene rings is 2. The second-order valence-corrected chi connectivity index (χ2v) is 24.0. The van der Waals surface area contributed by atoms with E-state index in [-0.39, 0.29) is 33.7 Å². The van der Waals surface area contributed by atoms with E-state index >= 15 is 8.78 Å². The van der Waals surface area contributed by atoms with Gasteiger partial charge >= 0.3 is 6.03 Å². The fourth-order valence-electron chi connectivity index (χ4n) is 7.40. The number of rotatable bonds is 12. The summed E-state index contributed by atoms with van der Waals surface area (Å²) < 4.78 is 37.9. The minimum absolute atomic E-state index is 0.0183. The van der Waals surface area contributed by atoms with Crippen molar-refractivity contribution in [2.45, 2.75) is 130 Å². The Kier molecular flexibility index (Phi) is 12.3. The van der Waals surface area contributed by atoms with Crippen LogP contribution in [-0.4, -0.2) is 28.3 Å². The van der Waals surface area contributed by atoms with Gasteiger partial charge in [-0.15, -0.1) is 0 Å². The van der Waals surface area contributed by atoms with E-state index in [1.165, 1.54) is 0 Å². The summed E-state index contributed by atoms with van der Waals surface area (Å²) in [4.78, 5) is 13.1. The number of phenols is 1. The first-order valence-corrected chi connectivity index (χ1v) is 19.6. The van der Waals surface area contributed by atoms with E-state index in [9.17, 15) is 9.90 Å². The highest BCUT2D eigenvalue weighted by molar-refractivity contribution is 6.78. The van der Waals surface area contributed by atoms with Crippen LogP contribution in [0.25, 0.3) is 0 Å². The minimum atomic E-state index is -2.44. The number of carbonyl (C=O) groups excluding carboxylic acids is 1. The average Bonchev–Trinajstić information content (AvgIpc) is 2.86. The Morgan fingerprint density at radius 1 is 0.833 bits per heavy atom. The number of nitrogens with one attached hydrogen (secondary N) is 2. The van der Waals surface area contributed by atoms with Crippen molar-refractivity contribution in [1.82, 2.24) is 0 Å². The lowest BCUT2D eigenvalue weighted by Gasteiger charge is -2.42. The molecular formula is C33H54F2N2O3Si2. The molecule has 5 nitrogen and oxygen atoms in total. The van der Waals surface area contributed by atoms with Crippen LogP contribution in [0.2, 0.25) is 33.2 Å². The summed E-state index contributed by atoms with van der Waals surface area (Å²) in [7, 11) is -3.62. The van der Waals surface area contributed by atoms with Gasteiger partial charge in [0.05, 0.1) is 11.4 Å². The monoisotopic (exact) mass is 620 g/mol. The van der Waals surface area contributed by atoms with Crippen LogP contribution in [0.1, 0.15) is 92.9 Å². The molecule has 0 saturated carbocycles. The molecule has 2 aromatic carbocycles. The predicted molar refractivity (Wildman–Crippen MR) is 179 cm³/mol. The predicted octanol–water partition coefficient (Wildman–Crippen LogP) is 10.5. The average molecular weight is 621 g/mol. The number of halogens is 2. The van der Waals surface area contributed by atoms with Gasteiger partial charge in [-0.3, -0.25) is 0 Å². The molecule has 9 heteroatoms. The summed E-state index contributed by atoms with van der Waals surface area (Å²) in [6, 6.07) is 4.28. The van der Waals surface area contributed by atoms with Gasteiger partial charge in [0, 0.05) is 8.80 Å². The standard InChI is InChI=1S/C33H54F2N2O3Si2/c1-18(2)41(19(3)4)25(13)17-26-16-24(12)31(29(35)32(26)38)37-33(39)36-30-23(11)14-15-27(28(30)34)40-42(20(5)6,21(7)8)22(9)10/h14-16,18-22,25,38,41H,17H2,1-13H3,(H2,36,37,39). The Morgan fingerprint density at radius 2 is 1.31 bits per heavy atom. The number of anilines is 2. The zero-order valence-corrected chi connectivity index (χ0v) is 30.2. The Hall–Kier alpha value is -2.40. The molecule has 0 radical (unpaired) electrons. The van der Waals surface area contributed by atoms with Gasteiger partial charge in [0.1, 0.15) is 5.75 Å². The summed E-state index contributed by atoms with van der Waals surface area (Å²) >= 11 is 0. The first kappa shape index (κ1) is 35.8. The summed E-state index contributed by atoms with van der Waals surface area (Å²) in [6.45, 7) is 27.3. The van der Waals surface area contributed by atoms with Gasteiger partial charge in [-0.25, -0.2) is 13.6 Å². The van der Waals surface area contributed by atoms with Gasteiger partial charge in [0.2, 0.25) is 0 Å². The number of aromatic hydroxyl groups is 1. The quantitative estimate of drug-likeness (QED) is 0.207. The van der Waals surface area contributed by atoms with Crippen molar-refractivity contribution in [3.05, 3.63) is 46.5 Å². The number of hydrogen-bond acceptors (Lipinski definition) is 3. The lowest BCUT2D eigenvalue weighted by molar-refractivity contribution is 0.262. The van der Waals surface area contributed by atoms with Crippen molar-refractivity contribution in [2.24, 2.45) is 0 Å². The van der Waals surface area contributed by atoms with Crippen molar-refractivity contribution in [2.75, 3.05) is 10.6 Å². The second kappa shape index (κ2) is 14.4. The van der Waals surface area contributed by atoms with E-state index in [4.69, 9.17) is 4.43 Å². The highest BCUT2D eigenvalue weighted by atomic mass is 28.4. The molecule has 0 heterocycles. The molecule has 0 saturated heterocycles. The molecule has 0 fully saturated rings. The third-order valence-electron chi connectivity index (χ3n) is 9.04. The molecule has 0 aromatic heterocycles. The minimum Gasteiger partial charge on any atom is -0.541 e.